The van der Waals surface area contributed by atoms with Gasteiger partial charge in [-0.2, -0.15) is 0 Å². The molecule has 4 heteroatoms. The molecule has 0 saturated carbocycles. The van der Waals surface area contributed by atoms with E-state index >= 15 is 0 Å². The number of nitrogens with zero attached hydrogens (tertiary/aromatic N) is 1. The largest absolute Gasteiger partial charge is 0.357 e. The quantitative estimate of drug-likeness (QED) is 0.302. The molecule has 0 aromatic heterocycles. The van der Waals surface area contributed by atoms with Crippen LogP contribution in [0.5, 0.6) is 0 Å². The molecule has 0 atom stereocenters. The monoisotopic (exact) mass is 158 g/mol. The van der Waals surface area contributed by atoms with E-state index in [0.717, 1.165) is 25.6 Å². The zero-order valence-electron chi connectivity index (χ0n) is 6.92. The van der Waals surface area contributed by atoms with Gasteiger partial charge in [0.1, 0.15) is 0 Å². The number of nitrogens with two attached hydrogens (primary N) is 2. The van der Waals surface area contributed by atoms with Gasteiger partial charge in [-0.25, -0.2) is 0 Å². The fraction of sp³-hybridized carbons (Fsp3) is 0.857. The predicted octanol–water partition coefficient (Wildman–Crippen LogP) is -2.08. The van der Waals surface area contributed by atoms with Gasteiger partial charge in [-0.1, -0.05) is 0 Å². The van der Waals surface area contributed by atoms with Crippen LogP contribution in [0.4, 0.5) is 0 Å². The van der Waals surface area contributed by atoms with Gasteiger partial charge >= 0.3 is 5.96 Å². The highest BCUT2D eigenvalue weighted by Crippen LogP contribution is 2.11. The van der Waals surface area contributed by atoms with E-state index in [2.05, 4.69) is 5.73 Å². The molecule has 1 aliphatic heterocycles. The van der Waals surface area contributed by atoms with Crippen LogP contribution in [-0.2, 0) is 0 Å². The Hall–Kier alpha value is -0.770. The second-order valence-corrected chi connectivity index (χ2v) is 3.14. The van der Waals surface area contributed by atoms with Gasteiger partial charge in [0, 0.05) is 5.92 Å². The van der Waals surface area contributed by atoms with Crippen LogP contribution in [-0.4, -0.2) is 30.2 Å². The van der Waals surface area contributed by atoms with Crippen molar-refractivity contribution in [2.75, 3.05) is 19.6 Å². The highest BCUT2D eigenvalue weighted by molar-refractivity contribution is 5.70. The van der Waals surface area contributed by atoms with E-state index in [1.54, 1.807) is 0 Å². The van der Waals surface area contributed by atoms with Crippen LogP contribution in [0.2, 0.25) is 0 Å². The van der Waals surface area contributed by atoms with E-state index < -0.39 is 0 Å². The van der Waals surface area contributed by atoms with E-state index in [9.17, 15) is 0 Å². The first-order chi connectivity index (χ1) is 5.24. The maximum Gasteiger partial charge on any atom is 0.341 e. The summed E-state index contributed by atoms with van der Waals surface area (Å²) in [5.41, 5.74) is 14.8. The van der Waals surface area contributed by atoms with Crippen LogP contribution in [0.15, 0.2) is 0 Å². The maximum atomic E-state index is 5.46. The molecule has 64 valence electrons. The van der Waals surface area contributed by atoms with Crippen LogP contribution in [0.1, 0.15) is 12.8 Å². The van der Waals surface area contributed by atoms with Gasteiger partial charge in [0.15, 0.2) is 0 Å². The van der Waals surface area contributed by atoms with Crippen molar-refractivity contribution in [1.29, 1.82) is 0 Å². The molecule has 0 radical (unpaired) electrons. The summed E-state index contributed by atoms with van der Waals surface area (Å²) in [6, 6.07) is 0. The van der Waals surface area contributed by atoms with E-state index in [1.807, 2.05) is 4.58 Å². The van der Waals surface area contributed by atoms with Gasteiger partial charge in [0.2, 0.25) is 0 Å². The molecule has 0 aromatic rings. The van der Waals surface area contributed by atoms with Gasteiger partial charge in [0.05, 0.1) is 19.6 Å². The molecule has 1 rings (SSSR count). The zero-order chi connectivity index (χ0) is 8.27. The third-order valence-corrected chi connectivity index (χ3v) is 2.39. The zero-order valence-corrected chi connectivity index (χ0v) is 6.92. The minimum Gasteiger partial charge on any atom is -0.357 e. The molecule has 1 fully saturated rings. The van der Waals surface area contributed by atoms with Gasteiger partial charge in [-0.15, -0.1) is 0 Å². The Labute approximate surface area is 67.0 Å². The Balaban J connectivity index is 2.42. The molecule has 0 bridgehead atoms. The standard InChI is InChI=1S/C7H16N4/c8-5-6-1-3-11(4-2-6)7(9)10/h6H,1-5,8H2,(H3,9,10)/p+2. The molecule has 0 spiro atoms. The number of guanidine groups is 1. The van der Waals surface area contributed by atoms with E-state index in [-0.39, 0.29) is 0 Å². The summed E-state index contributed by atoms with van der Waals surface area (Å²) in [7, 11) is 0. The molecule has 1 saturated heterocycles. The van der Waals surface area contributed by atoms with Gasteiger partial charge in [-0.05, 0) is 12.8 Å². The minimum absolute atomic E-state index is 0.465. The highest BCUT2D eigenvalue weighted by atomic mass is 15.1. The first-order valence-corrected chi connectivity index (χ1v) is 4.16. The first kappa shape index (κ1) is 8.33. The number of rotatable bonds is 1. The smallest absolute Gasteiger partial charge is 0.341 e. The molecule has 0 aromatic carbocycles. The lowest BCUT2D eigenvalue weighted by Gasteiger charge is -2.20. The molecular formula is C7H18N4+2. The summed E-state index contributed by atoms with van der Waals surface area (Å²) in [6.45, 7) is 3.04. The number of piperidine rings is 1. The summed E-state index contributed by atoms with van der Waals surface area (Å²) < 4.78 is 2.03. The number of hydrogen-bond acceptors (Lipinski definition) is 0. The summed E-state index contributed by atoms with van der Waals surface area (Å²) in [5, 5.41) is 0. The molecular weight excluding hydrogens is 140 g/mol. The average molecular weight is 158 g/mol. The van der Waals surface area contributed by atoms with Crippen LogP contribution in [0.3, 0.4) is 0 Å². The van der Waals surface area contributed by atoms with Crippen LogP contribution in [0, 0.1) is 5.92 Å². The molecule has 0 unspecified atom stereocenters. The van der Waals surface area contributed by atoms with E-state index in [0.29, 0.717) is 5.96 Å². The summed E-state index contributed by atoms with van der Waals surface area (Å²) in [5.74, 6) is 1.25. The SMILES string of the molecule is NC(N)=[N+]1CCC(C[NH3+])CC1. The molecule has 11 heavy (non-hydrogen) atoms. The molecule has 0 aliphatic carbocycles. The molecule has 0 amide bonds. The van der Waals surface area contributed by atoms with Crippen LogP contribution in [0.25, 0.3) is 0 Å². The topological polar surface area (TPSA) is 82.7 Å². The number of hydrogen-bond donors (Lipinski definition) is 3. The van der Waals surface area contributed by atoms with Crippen molar-refractivity contribution in [2.45, 2.75) is 12.8 Å². The molecule has 4 nitrogen and oxygen atoms in total. The third kappa shape index (κ3) is 2.08. The minimum atomic E-state index is 0.465. The summed E-state index contributed by atoms with van der Waals surface area (Å²) >= 11 is 0. The second-order valence-electron chi connectivity index (χ2n) is 3.14. The van der Waals surface area contributed by atoms with Crippen LogP contribution < -0.4 is 17.2 Å². The Morgan fingerprint density at radius 2 is 1.91 bits per heavy atom. The van der Waals surface area contributed by atoms with Gasteiger partial charge in [0.25, 0.3) is 0 Å². The lowest BCUT2D eigenvalue weighted by Crippen LogP contribution is -2.55. The first-order valence-electron chi connectivity index (χ1n) is 4.16. The molecule has 1 aliphatic rings. The maximum absolute atomic E-state index is 5.46. The van der Waals surface area contributed by atoms with Crippen LogP contribution >= 0.6 is 0 Å². The Kier molecular flexibility index (Phi) is 2.70. The Morgan fingerprint density at radius 3 is 2.27 bits per heavy atom. The molecule has 1 heterocycles. The molecule has 7 N–H and O–H groups in total. The lowest BCUT2D eigenvalue weighted by atomic mass is 9.98. The number of quaternary nitrogens is 1. The second kappa shape index (κ2) is 3.57. The van der Waals surface area contributed by atoms with Crippen molar-refractivity contribution < 1.29 is 10.3 Å². The van der Waals surface area contributed by atoms with Crippen molar-refractivity contribution in [3.8, 4) is 0 Å². The highest BCUT2D eigenvalue weighted by Gasteiger charge is 2.18. The van der Waals surface area contributed by atoms with Crippen molar-refractivity contribution in [1.82, 2.24) is 0 Å². The lowest BCUT2D eigenvalue weighted by molar-refractivity contribution is -0.546. The predicted molar refractivity (Wildman–Crippen MR) is 43.9 cm³/mol. The van der Waals surface area contributed by atoms with Crippen molar-refractivity contribution in [3.05, 3.63) is 0 Å². The van der Waals surface area contributed by atoms with E-state index in [1.165, 1.54) is 12.8 Å². The fourth-order valence-electron chi connectivity index (χ4n) is 1.48. The van der Waals surface area contributed by atoms with Crippen molar-refractivity contribution in [2.24, 2.45) is 17.4 Å². The van der Waals surface area contributed by atoms with Gasteiger partial charge < -0.3 is 5.73 Å². The average Bonchev–Trinajstić information content (AvgIpc) is 2.05. The van der Waals surface area contributed by atoms with Gasteiger partial charge in [-0.3, -0.25) is 16.0 Å². The van der Waals surface area contributed by atoms with Crippen molar-refractivity contribution in [3.63, 3.8) is 0 Å². The Bertz CT molecular complexity index is 150. The fourth-order valence-corrected chi connectivity index (χ4v) is 1.48. The third-order valence-electron chi connectivity index (χ3n) is 2.39. The van der Waals surface area contributed by atoms with Crippen molar-refractivity contribution >= 4 is 5.96 Å². The van der Waals surface area contributed by atoms with E-state index in [4.69, 9.17) is 11.5 Å². The summed E-state index contributed by atoms with van der Waals surface area (Å²) in [6.07, 6.45) is 2.36. The Morgan fingerprint density at radius 1 is 1.36 bits per heavy atom. The summed E-state index contributed by atoms with van der Waals surface area (Å²) in [4.78, 5) is 0. The normalized spacial score (nSPS) is 25.2.